The molecule has 2 aliphatic heterocycles. The number of piperazine rings is 1. The van der Waals surface area contributed by atoms with E-state index < -0.39 is 0 Å². The number of nitrogens with one attached hydrogen (secondary N) is 1. The second kappa shape index (κ2) is 9.91. The monoisotopic (exact) mass is 481 g/mol. The van der Waals surface area contributed by atoms with Crippen LogP contribution in [0.4, 0.5) is 10.1 Å². The first kappa shape index (κ1) is 22.5. The summed E-state index contributed by atoms with van der Waals surface area (Å²) in [6.45, 7) is 3.43. The number of carbonyl (C=O) groups is 1. The van der Waals surface area contributed by atoms with E-state index in [-0.39, 0.29) is 24.6 Å². The highest BCUT2D eigenvalue weighted by Crippen LogP contribution is 2.36. The van der Waals surface area contributed by atoms with Crippen LogP contribution in [0.1, 0.15) is 22.0 Å². The number of fused-ring (bicyclic) bond motifs is 1. The van der Waals surface area contributed by atoms with Crippen molar-refractivity contribution in [1.82, 2.24) is 10.2 Å². The zero-order chi connectivity index (χ0) is 23.5. The first-order valence-corrected chi connectivity index (χ1v) is 11.6. The average molecular weight is 482 g/mol. The molecule has 0 radical (unpaired) electrons. The standard InChI is InChI=1S/C26H25ClFN3O3/c27-20-5-3-4-19(14-20)26(32)29-16-23(18-8-9-24-25(15-18)34-17-33-24)31-12-10-30(11-13-31)22-7-2-1-6-21(22)28/h1-9,14-15,23H,10-13,16-17H2,(H,29,32)/t23-/m1/s1. The van der Waals surface area contributed by atoms with Crippen molar-refractivity contribution in [2.24, 2.45) is 0 Å². The first-order valence-electron chi connectivity index (χ1n) is 11.3. The van der Waals surface area contributed by atoms with Crippen LogP contribution < -0.4 is 19.7 Å². The van der Waals surface area contributed by atoms with Gasteiger partial charge in [0, 0.05) is 43.3 Å². The molecule has 1 fully saturated rings. The van der Waals surface area contributed by atoms with E-state index in [4.69, 9.17) is 21.1 Å². The molecule has 5 rings (SSSR count). The second-order valence-electron chi connectivity index (χ2n) is 8.32. The van der Waals surface area contributed by atoms with Crippen LogP contribution in [0.5, 0.6) is 11.5 Å². The summed E-state index contributed by atoms with van der Waals surface area (Å²) in [7, 11) is 0. The van der Waals surface area contributed by atoms with Crippen LogP contribution in [0.15, 0.2) is 66.7 Å². The molecule has 3 aromatic rings. The molecular formula is C26H25ClFN3O3. The molecule has 2 aliphatic rings. The van der Waals surface area contributed by atoms with Gasteiger partial charge in [-0.1, -0.05) is 35.9 Å². The Morgan fingerprint density at radius 2 is 1.76 bits per heavy atom. The molecular weight excluding hydrogens is 457 g/mol. The maximum absolute atomic E-state index is 14.3. The van der Waals surface area contributed by atoms with Gasteiger partial charge in [0.15, 0.2) is 11.5 Å². The SMILES string of the molecule is O=C(NC[C@H](c1ccc2c(c1)OCO2)N1CCN(c2ccccc2F)CC1)c1cccc(Cl)c1. The summed E-state index contributed by atoms with van der Waals surface area (Å²) >= 11 is 6.05. The Hall–Kier alpha value is -3.29. The van der Waals surface area contributed by atoms with Crippen molar-refractivity contribution in [3.63, 3.8) is 0 Å². The van der Waals surface area contributed by atoms with Crippen LogP contribution in [0.25, 0.3) is 0 Å². The molecule has 3 aromatic carbocycles. The summed E-state index contributed by atoms with van der Waals surface area (Å²) in [5.41, 5.74) is 2.16. The molecule has 1 atom stereocenters. The fraction of sp³-hybridized carbons (Fsp3) is 0.269. The van der Waals surface area contributed by atoms with Crippen LogP contribution in [-0.2, 0) is 0 Å². The van der Waals surface area contributed by atoms with Crippen molar-refractivity contribution in [2.75, 3.05) is 44.4 Å². The van der Waals surface area contributed by atoms with E-state index in [9.17, 15) is 9.18 Å². The van der Waals surface area contributed by atoms with Gasteiger partial charge < -0.3 is 19.7 Å². The highest BCUT2D eigenvalue weighted by atomic mass is 35.5. The number of amides is 1. The van der Waals surface area contributed by atoms with E-state index in [2.05, 4.69) is 15.1 Å². The summed E-state index contributed by atoms with van der Waals surface area (Å²) < 4.78 is 25.3. The van der Waals surface area contributed by atoms with Gasteiger partial charge >= 0.3 is 0 Å². The molecule has 0 unspecified atom stereocenters. The van der Waals surface area contributed by atoms with Crippen molar-refractivity contribution in [3.8, 4) is 11.5 Å². The Morgan fingerprint density at radius 1 is 0.971 bits per heavy atom. The molecule has 0 aromatic heterocycles. The van der Waals surface area contributed by atoms with E-state index in [1.165, 1.54) is 6.07 Å². The van der Waals surface area contributed by atoms with E-state index >= 15 is 0 Å². The van der Waals surface area contributed by atoms with E-state index in [1.807, 2.05) is 30.3 Å². The summed E-state index contributed by atoms with van der Waals surface area (Å²) in [6, 6.07) is 19.5. The van der Waals surface area contributed by atoms with Crippen LogP contribution >= 0.6 is 11.6 Å². The topological polar surface area (TPSA) is 54.0 Å². The minimum absolute atomic E-state index is 0.0830. The van der Waals surface area contributed by atoms with Gasteiger partial charge in [-0.05, 0) is 48.0 Å². The highest BCUT2D eigenvalue weighted by molar-refractivity contribution is 6.30. The molecule has 1 amide bonds. The first-order chi connectivity index (χ1) is 16.6. The molecule has 0 saturated carbocycles. The molecule has 176 valence electrons. The number of carbonyl (C=O) groups excluding carboxylic acids is 1. The molecule has 1 N–H and O–H groups in total. The number of benzene rings is 3. The normalized spacial score (nSPS) is 16.4. The maximum Gasteiger partial charge on any atom is 0.251 e. The van der Waals surface area contributed by atoms with Gasteiger partial charge in [0.2, 0.25) is 6.79 Å². The lowest BCUT2D eigenvalue weighted by Crippen LogP contribution is -2.50. The number of para-hydroxylation sites is 1. The lowest BCUT2D eigenvalue weighted by Gasteiger charge is -2.40. The zero-order valence-electron chi connectivity index (χ0n) is 18.5. The van der Waals surface area contributed by atoms with Gasteiger partial charge in [-0.2, -0.15) is 0 Å². The molecule has 2 heterocycles. The number of nitrogens with zero attached hydrogens (tertiary/aromatic N) is 2. The summed E-state index contributed by atoms with van der Waals surface area (Å²) in [5, 5.41) is 3.57. The third kappa shape index (κ3) is 4.81. The van der Waals surface area contributed by atoms with Crippen molar-refractivity contribution >= 4 is 23.2 Å². The molecule has 1 saturated heterocycles. The molecule has 0 bridgehead atoms. The van der Waals surface area contributed by atoms with E-state index in [1.54, 1.807) is 30.3 Å². The predicted molar refractivity (Wildman–Crippen MR) is 129 cm³/mol. The van der Waals surface area contributed by atoms with Gasteiger partial charge in [-0.15, -0.1) is 0 Å². The summed E-state index contributed by atoms with van der Waals surface area (Å²) in [6.07, 6.45) is 0. The minimum atomic E-state index is -0.211. The van der Waals surface area contributed by atoms with Gasteiger partial charge in [0.05, 0.1) is 11.7 Å². The number of hydrogen-bond donors (Lipinski definition) is 1. The fourth-order valence-electron chi connectivity index (χ4n) is 4.48. The lowest BCUT2D eigenvalue weighted by atomic mass is 10.0. The Labute approximate surface area is 202 Å². The van der Waals surface area contributed by atoms with Crippen LogP contribution in [-0.4, -0.2) is 50.3 Å². The van der Waals surface area contributed by atoms with Crippen molar-refractivity contribution in [3.05, 3.63) is 88.7 Å². The van der Waals surface area contributed by atoms with Gasteiger partial charge in [-0.3, -0.25) is 9.69 Å². The van der Waals surface area contributed by atoms with Gasteiger partial charge in [0.1, 0.15) is 5.82 Å². The van der Waals surface area contributed by atoms with Crippen LogP contribution in [0.3, 0.4) is 0 Å². The average Bonchev–Trinajstić information content (AvgIpc) is 3.33. The number of rotatable bonds is 6. The number of halogens is 2. The van der Waals surface area contributed by atoms with Crippen molar-refractivity contribution < 1.29 is 18.7 Å². The van der Waals surface area contributed by atoms with Crippen molar-refractivity contribution in [2.45, 2.75) is 6.04 Å². The smallest absolute Gasteiger partial charge is 0.251 e. The van der Waals surface area contributed by atoms with Crippen LogP contribution in [0.2, 0.25) is 5.02 Å². The Balaban J connectivity index is 1.33. The van der Waals surface area contributed by atoms with Crippen molar-refractivity contribution in [1.29, 1.82) is 0 Å². The molecule has 6 nitrogen and oxygen atoms in total. The lowest BCUT2D eigenvalue weighted by molar-refractivity contribution is 0.0930. The Bertz CT molecular complexity index is 1180. The predicted octanol–water partition coefficient (Wildman–Crippen LogP) is 4.50. The maximum atomic E-state index is 14.3. The van der Waals surface area contributed by atoms with Crippen LogP contribution in [0, 0.1) is 5.82 Å². The number of hydrogen-bond acceptors (Lipinski definition) is 5. The Kier molecular flexibility index (Phi) is 6.56. The van der Waals surface area contributed by atoms with E-state index in [0.29, 0.717) is 41.7 Å². The van der Waals surface area contributed by atoms with Gasteiger partial charge in [-0.25, -0.2) is 4.39 Å². The molecule has 34 heavy (non-hydrogen) atoms. The largest absolute Gasteiger partial charge is 0.454 e. The summed E-state index contributed by atoms with van der Waals surface area (Å²) in [4.78, 5) is 17.2. The number of anilines is 1. The third-order valence-electron chi connectivity index (χ3n) is 6.27. The molecule has 0 spiro atoms. The molecule has 0 aliphatic carbocycles. The Morgan fingerprint density at radius 3 is 2.56 bits per heavy atom. The highest BCUT2D eigenvalue weighted by Gasteiger charge is 2.28. The summed E-state index contributed by atoms with van der Waals surface area (Å²) in [5.74, 6) is 1.03. The number of ether oxygens (including phenoxy) is 2. The third-order valence-corrected chi connectivity index (χ3v) is 6.51. The fourth-order valence-corrected chi connectivity index (χ4v) is 4.67. The molecule has 8 heteroatoms. The zero-order valence-corrected chi connectivity index (χ0v) is 19.3. The second-order valence-corrected chi connectivity index (χ2v) is 8.76. The quantitative estimate of drug-likeness (QED) is 0.562. The minimum Gasteiger partial charge on any atom is -0.454 e. The van der Waals surface area contributed by atoms with Gasteiger partial charge in [0.25, 0.3) is 5.91 Å². The van der Waals surface area contributed by atoms with E-state index in [0.717, 1.165) is 24.4 Å².